The van der Waals surface area contributed by atoms with Crippen LogP contribution in [0.5, 0.6) is 0 Å². The summed E-state index contributed by atoms with van der Waals surface area (Å²) in [6.45, 7) is 8.48. The highest BCUT2D eigenvalue weighted by Crippen LogP contribution is 2.13. The van der Waals surface area contributed by atoms with Crippen molar-refractivity contribution in [2.75, 3.05) is 46.2 Å². The molecule has 0 unspecified atom stereocenters. The summed E-state index contributed by atoms with van der Waals surface area (Å²) >= 11 is 0. The van der Waals surface area contributed by atoms with E-state index in [9.17, 15) is 4.79 Å². The van der Waals surface area contributed by atoms with E-state index in [2.05, 4.69) is 13.8 Å². The molecule has 0 rings (SSSR count). The van der Waals surface area contributed by atoms with Crippen LogP contribution < -0.4 is 0 Å². The number of hydrogen-bond acceptors (Lipinski definition) is 5. The number of ether oxygens (including phenoxy) is 4. The lowest BCUT2D eigenvalue weighted by Gasteiger charge is -2.08. The summed E-state index contributed by atoms with van der Waals surface area (Å²) in [5.74, 6) is -0.0992. The maximum absolute atomic E-state index is 11.8. The average Bonchev–Trinajstić information content (AvgIpc) is 2.96. The molecule has 0 atom stereocenters. The van der Waals surface area contributed by atoms with Crippen molar-refractivity contribution in [1.29, 1.82) is 0 Å². The van der Waals surface area contributed by atoms with Gasteiger partial charge in [-0.25, -0.2) is 0 Å². The Bertz CT molecular complexity index is 471. The summed E-state index contributed by atoms with van der Waals surface area (Å²) in [6, 6.07) is 0. The Morgan fingerprint density at radius 3 is 1.05 bits per heavy atom. The Kier molecular flexibility index (Phi) is 35.8. The summed E-state index contributed by atoms with van der Waals surface area (Å²) < 4.78 is 21.9. The third-order valence-electron chi connectivity index (χ3n) is 7.61. The van der Waals surface area contributed by atoms with Gasteiger partial charge in [0.2, 0.25) is 0 Å². The molecule has 0 aliphatic rings. The molecular weight excluding hydrogens is 500 g/mol. The highest BCUT2D eigenvalue weighted by atomic mass is 16.6. The van der Waals surface area contributed by atoms with Crippen LogP contribution >= 0.6 is 0 Å². The monoisotopic (exact) mass is 571 g/mol. The molecule has 0 aromatic rings. The van der Waals surface area contributed by atoms with Gasteiger partial charge in [-0.1, -0.05) is 155 Å². The molecule has 0 spiro atoms. The fourth-order valence-electron chi connectivity index (χ4n) is 4.98. The van der Waals surface area contributed by atoms with Gasteiger partial charge in [-0.05, 0) is 12.8 Å². The number of unbranched alkanes of at least 4 members (excludes halogenated alkanes) is 22. The molecule has 240 valence electrons. The van der Waals surface area contributed by atoms with Crippen LogP contribution in [0.3, 0.4) is 0 Å². The molecule has 0 heterocycles. The first-order valence-corrected chi connectivity index (χ1v) is 17.7. The van der Waals surface area contributed by atoms with Gasteiger partial charge in [0.15, 0.2) is 0 Å². The minimum atomic E-state index is -0.0992. The molecule has 0 fully saturated rings. The molecule has 0 radical (unpaired) electrons. The van der Waals surface area contributed by atoms with Crippen LogP contribution in [0.2, 0.25) is 0 Å². The van der Waals surface area contributed by atoms with E-state index in [-0.39, 0.29) is 5.97 Å². The minimum Gasteiger partial charge on any atom is -0.463 e. The first-order valence-electron chi connectivity index (χ1n) is 17.7. The quantitative estimate of drug-likeness (QED) is 0.0560. The lowest BCUT2D eigenvalue weighted by molar-refractivity contribution is -0.145. The molecule has 0 aliphatic heterocycles. The van der Waals surface area contributed by atoms with Crippen LogP contribution in [-0.2, 0) is 23.7 Å². The molecule has 0 N–H and O–H groups in total. The SMILES string of the molecule is CCCCCCCCCCCCCCCC(=O)OCCOCCOCCOCCCCCCCCCCCCC. The third kappa shape index (κ3) is 35.4. The van der Waals surface area contributed by atoms with Gasteiger partial charge in [-0.3, -0.25) is 4.79 Å². The van der Waals surface area contributed by atoms with Crippen LogP contribution in [0.25, 0.3) is 0 Å². The number of carbonyl (C=O) groups excluding carboxylic acids is 1. The van der Waals surface area contributed by atoms with E-state index in [4.69, 9.17) is 18.9 Å². The van der Waals surface area contributed by atoms with Crippen molar-refractivity contribution >= 4 is 5.97 Å². The van der Waals surface area contributed by atoms with Crippen LogP contribution in [0.1, 0.15) is 174 Å². The molecule has 0 amide bonds. The predicted octanol–water partition coefficient (Wildman–Crippen LogP) is 10.4. The molecule has 40 heavy (non-hydrogen) atoms. The standard InChI is InChI=1S/C35H70O5/c1-3-5-7-9-11-13-15-16-17-19-21-23-25-27-35(36)40-34-33-39-32-31-38-30-29-37-28-26-24-22-20-18-14-12-10-8-6-4-2/h3-34H2,1-2H3. The zero-order valence-corrected chi connectivity index (χ0v) is 27.2. The van der Waals surface area contributed by atoms with Gasteiger partial charge in [0.1, 0.15) is 6.61 Å². The Hall–Kier alpha value is -0.650. The molecule has 0 aromatic heterocycles. The van der Waals surface area contributed by atoms with Crippen LogP contribution in [0.15, 0.2) is 0 Å². The first kappa shape index (κ1) is 39.4. The second kappa shape index (κ2) is 36.4. The van der Waals surface area contributed by atoms with E-state index in [0.717, 1.165) is 25.9 Å². The van der Waals surface area contributed by atoms with Gasteiger partial charge in [0, 0.05) is 13.0 Å². The zero-order valence-electron chi connectivity index (χ0n) is 27.2. The highest BCUT2D eigenvalue weighted by molar-refractivity contribution is 5.69. The summed E-state index contributed by atoms with van der Waals surface area (Å²) in [5, 5.41) is 0. The second-order valence-electron chi connectivity index (χ2n) is 11.6. The van der Waals surface area contributed by atoms with E-state index in [1.807, 2.05) is 0 Å². The smallest absolute Gasteiger partial charge is 0.305 e. The lowest BCUT2D eigenvalue weighted by Crippen LogP contribution is -2.14. The van der Waals surface area contributed by atoms with E-state index < -0.39 is 0 Å². The third-order valence-corrected chi connectivity index (χ3v) is 7.61. The summed E-state index contributed by atoms with van der Waals surface area (Å²) in [7, 11) is 0. The normalized spacial score (nSPS) is 11.3. The maximum atomic E-state index is 11.8. The minimum absolute atomic E-state index is 0.0992. The van der Waals surface area contributed by atoms with Crippen molar-refractivity contribution in [3.63, 3.8) is 0 Å². The number of carbonyl (C=O) groups is 1. The summed E-state index contributed by atoms with van der Waals surface area (Å²) in [5.41, 5.74) is 0. The molecule has 5 heteroatoms. The maximum Gasteiger partial charge on any atom is 0.305 e. The Balaban J connectivity index is 3.13. The van der Waals surface area contributed by atoms with Crippen molar-refractivity contribution in [1.82, 2.24) is 0 Å². The van der Waals surface area contributed by atoms with Crippen molar-refractivity contribution in [2.24, 2.45) is 0 Å². The number of hydrogen-bond donors (Lipinski definition) is 0. The van der Waals surface area contributed by atoms with E-state index in [1.54, 1.807) is 0 Å². The fourth-order valence-corrected chi connectivity index (χ4v) is 4.98. The topological polar surface area (TPSA) is 54.0 Å². The van der Waals surface area contributed by atoms with Gasteiger partial charge in [-0.15, -0.1) is 0 Å². The first-order chi connectivity index (χ1) is 19.8. The number of rotatable bonds is 35. The molecular formula is C35H70O5. The van der Waals surface area contributed by atoms with Gasteiger partial charge in [-0.2, -0.15) is 0 Å². The predicted molar refractivity (Wildman–Crippen MR) is 170 cm³/mol. The van der Waals surface area contributed by atoms with Crippen LogP contribution in [0, 0.1) is 0 Å². The van der Waals surface area contributed by atoms with Gasteiger partial charge in [0.05, 0.1) is 33.0 Å². The zero-order chi connectivity index (χ0) is 29.0. The van der Waals surface area contributed by atoms with E-state index in [1.165, 1.54) is 135 Å². The molecule has 5 nitrogen and oxygen atoms in total. The largest absolute Gasteiger partial charge is 0.463 e. The Morgan fingerprint density at radius 2 is 0.650 bits per heavy atom. The van der Waals surface area contributed by atoms with Gasteiger partial charge in [0.25, 0.3) is 0 Å². The van der Waals surface area contributed by atoms with Crippen molar-refractivity contribution < 1.29 is 23.7 Å². The van der Waals surface area contributed by atoms with Crippen LogP contribution in [-0.4, -0.2) is 52.2 Å². The van der Waals surface area contributed by atoms with E-state index in [0.29, 0.717) is 46.1 Å². The lowest BCUT2D eigenvalue weighted by atomic mass is 10.0. The average molecular weight is 571 g/mol. The summed E-state index contributed by atoms with van der Waals surface area (Å²) in [4.78, 5) is 11.8. The molecule has 0 saturated heterocycles. The fraction of sp³-hybridized carbons (Fsp3) is 0.971. The molecule has 0 saturated carbocycles. The molecule has 0 aromatic carbocycles. The molecule has 0 aliphatic carbocycles. The number of esters is 1. The van der Waals surface area contributed by atoms with Crippen molar-refractivity contribution in [3.05, 3.63) is 0 Å². The Morgan fingerprint density at radius 1 is 0.350 bits per heavy atom. The Labute approximate surface area is 250 Å². The van der Waals surface area contributed by atoms with Crippen LogP contribution in [0.4, 0.5) is 0 Å². The second-order valence-corrected chi connectivity index (χ2v) is 11.6. The van der Waals surface area contributed by atoms with Crippen molar-refractivity contribution in [2.45, 2.75) is 174 Å². The highest BCUT2D eigenvalue weighted by Gasteiger charge is 2.03. The van der Waals surface area contributed by atoms with Gasteiger partial charge >= 0.3 is 5.97 Å². The molecule has 0 bridgehead atoms. The van der Waals surface area contributed by atoms with Crippen molar-refractivity contribution in [3.8, 4) is 0 Å². The van der Waals surface area contributed by atoms with E-state index >= 15 is 0 Å². The summed E-state index contributed by atoms with van der Waals surface area (Å²) in [6.07, 6.45) is 32.5. The van der Waals surface area contributed by atoms with Gasteiger partial charge < -0.3 is 18.9 Å².